The summed E-state index contributed by atoms with van der Waals surface area (Å²) in [5.41, 5.74) is 0. The maximum Gasteiger partial charge on any atom is 0.220 e. The van der Waals surface area contributed by atoms with Crippen LogP contribution in [0.25, 0.3) is 0 Å². The molecule has 0 fully saturated rings. The third-order valence-corrected chi connectivity index (χ3v) is 12.9. The van der Waals surface area contributed by atoms with E-state index in [1.54, 1.807) is 6.08 Å². The van der Waals surface area contributed by atoms with E-state index in [0.29, 0.717) is 6.42 Å². The number of carbonyl (C=O) groups excluding carboxylic acids is 1. The van der Waals surface area contributed by atoms with Crippen LogP contribution in [0.4, 0.5) is 0 Å². The van der Waals surface area contributed by atoms with Crippen molar-refractivity contribution in [3.63, 3.8) is 0 Å². The molecule has 2 atom stereocenters. The molecule has 404 valence electrons. The minimum atomic E-state index is -0.872. The Bertz CT molecular complexity index is 1440. The van der Waals surface area contributed by atoms with Crippen LogP contribution in [0, 0.1) is 0 Å². The molecule has 0 spiro atoms. The van der Waals surface area contributed by atoms with Gasteiger partial charge in [0, 0.05) is 6.42 Å². The molecular weight excluding hydrogens is 867 g/mol. The summed E-state index contributed by atoms with van der Waals surface area (Å²) in [6.45, 7) is 4.19. The summed E-state index contributed by atoms with van der Waals surface area (Å²) < 4.78 is 0. The second-order valence-electron chi connectivity index (χ2n) is 19.7. The molecule has 71 heavy (non-hydrogen) atoms. The zero-order valence-corrected chi connectivity index (χ0v) is 46.4. The first-order valence-electron chi connectivity index (χ1n) is 29.9. The number of nitrogens with one attached hydrogen (secondary N) is 1. The molecule has 0 heterocycles. The van der Waals surface area contributed by atoms with Crippen molar-refractivity contribution in [3.05, 3.63) is 134 Å². The van der Waals surface area contributed by atoms with Crippen LogP contribution in [-0.2, 0) is 4.79 Å². The number of carbonyl (C=O) groups is 1. The first-order chi connectivity index (χ1) is 35.2. The summed E-state index contributed by atoms with van der Waals surface area (Å²) in [5.74, 6) is -0.0809. The summed E-state index contributed by atoms with van der Waals surface area (Å²) >= 11 is 0. The van der Waals surface area contributed by atoms with E-state index in [-0.39, 0.29) is 12.5 Å². The third kappa shape index (κ3) is 57.3. The molecule has 0 aliphatic rings. The van der Waals surface area contributed by atoms with Gasteiger partial charge in [-0.15, -0.1) is 0 Å². The number of hydrogen-bond acceptors (Lipinski definition) is 3. The van der Waals surface area contributed by atoms with Crippen LogP contribution in [0.5, 0.6) is 0 Å². The Labute approximate surface area is 441 Å². The van der Waals surface area contributed by atoms with Gasteiger partial charge >= 0.3 is 0 Å². The number of aliphatic hydroxyl groups is 2. The summed E-state index contributed by atoms with van der Waals surface area (Å²) in [4.78, 5) is 12.5. The first kappa shape index (κ1) is 67.5. The molecule has 4 heteroatoms. The number of hydrogen-bond donors (Lipinski definition) is 3. The molecular formula is C67H113NO3. The van der Waals surface area contributed by atoms with Crippen molar-refractivity contribution in [2.75, 3.05) is 6.61 Å². The third-order valence-electron chi connectivity index (χ3n) is 12.9. The second kappa shape index (κ2) is 60.8. The molecule has 0 aliphatic carbocycles. The van der Waals surface area contributed by atoms with Crippen LogP contribution in [-0.4, -0.2) is 34.9 Å². The highest BCUT2D eigenvalue weighted by molar-refractivity contribution is 5.76. The Morgan fingerprint density at radius 3 is 0.986 bits per heavy atom. The van der Waals surface area contributed by atoms with E-state index in [1.165, 1.54) is 154 Å². The smallest absolute Gasteiger partial charge is 0.220 e. The van der Waals surface area contributed by atoms with Crippen molar-refractivity contribution in [2.45, 2.75) is 276 Å². The zero-order chi connectivity index (χ0) is 51.3. The number of unbranched alkanes of at least 4 members (excludes halogenated alkanes) is 26. The van der Waals surface area contributed by atoms with Crippen LogP contribution in [0.15, 0.2) is 134 Å². The fourth-order valence-corrected chi connectivity index (χ4v) is 8.36. The Kier molecular flexibility index (Phi) is 57.9. The van der Waals surface area contributed by atoms with Gasteiger partial charge in [0.1, 0.15) is 0 Å². The highest BCUT2D eigenvalue weighted by Crippen LogP contribution is 2.15. The van der Waals surface area contributed by atoms with Gasteiger partial charge in [-0.05, 0) is 103 Å². The van der Waals surface area contributed by atoms with Gasteiger partial charge in [-0.2, -0.15) is 0 Å². The average molecular weight is 981 g/mol. The standard InChI is InChI=1S/C67H113NO3/c1-3-5-7-9-11-13-15-17-19-21-23-25-26-27-28-29-30-31-32-33-34-35-36-37-38-39-40-41-42-43-45-47-49-51-53-55-57-59-61-63-67(71)68-65(64-69)66(70)62-60-58-56-54-52-50-48-46-44-24-22-20-18-16-14-12-10-8-6-4-2/h5,7,11,13,17,19,23,25,27-28,30-31,33-34,36-37,39-40,52,54,60,62,65-66,69-70H,3-4,6,8-10,12,14-16,18,20-22,24,26,29,32,35,38,41-51,53,55-59,61,63-64H2,1-2H3,(H,68,71)/b7-5-,13-11-,19-17-,25-23-,28-27-,31-30-,34-33-,37-36-,40-39-,54-52+,62-60+. The van der Waals surface area contributed by atoms with Crippen molar-refractivity contribution in [2.24, 2.45) is 0 Å². The van der Waals surface area contributed by atoms with Crippen LogP contribution < -0.4 is 5.32 Å². The van der Waals surface area contributed by atoms with Gasteiger partial charge in [-0.1, -0.05) is 289 Å². The average Bonchev–Trinajstić information content (AvgIpc) is 3.37. The molecule has 0 aromatic heterocycles. The van der Waals surface area contributed by atoms with Gasteiger partial charge in [0.05, 0.1) is 18.8 Å². The van der Waals surface area contributed by atoms with Gasteiger partial charge in [0.2, 0.25) is 5.91 Å². The zero-order valence-electron chi connectivity index (χ0n) is 46.4. The quantitative estimate of drug-likeness (QED) is 0.0420. The lowest BCUT2D eigenvalue weighted by Gasteiger charge is -2.19. The van der Waals surface area contributed by atoms with Gasteiger partial charge in [-0.3, -0.25) is 4.79 Å². The fourth-order valence-electron chi connectivity index (χ4n) is 8.36. The van der Waals surface area contributed by atoms with E-state index in [4.69, 9.17) is 0 Å². The van der Waals surface area contributed by atoms with Crippen molar-refractivity contribution < 1.29 is 15.0 Å². The van der Waals surface area contributed by atoms with Crippen LogP contribution in [0.3, 0.4) is 0 Å². The van der Waals surface area contributed by atoms with Crippen LogP contribution in [0.2, 0.25) is 0 Å². The predicted octanol–water partition coefficient (Wildman–Crippen LogP) is 20.2. The van der Waals surface area contributed by atoms with E-state index in [1.807, 2.05) is 6.08 Å². The van der Waals surface area contributed by atoms with E-state index in [2.05, 4.69) is 141 Å². The molecule has 0 radical (unpaired) electrons. The molecule has 4 nitrogen and oxygen atoms in total. The molecule has 0 saturated heterocycles. The highest BCUT2D eigenvalue weighted by atomic mass is 16.3. The van der Waals surface area contributed by atoms with Crippen molar-refractivity contribution >= 4 is 5.91 Å². The number of amides is 1. The Hall–Kier alpha value is -3.47. The topological polar surface area (TPSA) is 69.6 Å². The van der Waals surface area contributed by atoms with E-state index in [9.17, 15) is 15.0 Å². The number of rotatable bonds is 53. The van der Waals surface area contributed by atoms with Gasteiger partial charge in [0.15, 0.2) is 0 Å². The molecule has 0 bridgehead atoms. The largest absolute Gasteiger partial charge is 0.394 e. The molecule has 0 saturated carbocycles. The Morgan fingerprint density at radius 1 is 0.352 bits per heavy atom. The van der Waals surface area contributed by atoms with Crippen molar-refractivity contribution in [1.29, 1.82) is 0 Å². The summed E-state index contributed by atoms with van der Waals surface area (Å²) in [7, 11) is 0. The normalized spacial score (nSPS) is 13.8. The molecule has 2 unspecified atom stereocenters. The lowest BCUT2D eigenvalue weighted by molar-refractivity contribution is -0.123. The number of aliphatic hydroxyl groups excluding tert-OH is 2. The monoisotopic (exact) mass is 980 g/mol. The minimum Gasteiger partial charge on any atom is -0.394 e. The fraction of sp³-hybridized carbons (Fsp3) is 0.657. The van der Waals surface area contributed by atoms with E-state index < -0.39 is 12.1 Å². The Balaban J connectivity index is 3.61. The highest BCUT2D eigenvalue weighted by Gasteiger charge is 2.18. The molecule has 0 aliphatic heterocycles. The van der Waals surface area contributed by atoms with Crippen molar-refractivity contribution in [1.82, 2.24) is 5.32 Å². The molecule has 0 rings (SSSR count). The molecule has 3 N–H and O–H groups in total. The lowest BCUT2D eigenvalue weighted by atomic mass is 10.0. The van der Waals surface area contributed by atoms with Gasteiger partial charge in [-0.25, -0.2) is 0 Å². The number of allylic oxidation sites excluding steroid dienone is 21. The minimum absolute atomic E-state index is 0.0809. The van der Waals surface area contributed by atoms with Gasteiger partial charge in [0.25, 0.3) is 0 Å². The van der Waals surface area contributed by atoms with E-state index >= 15 is 0 Å². The van der Waals surface area contributed by atoms with Crippen LogP contribution in [0.1, 0.15) is 264 Å². The summed E-state index contributed by atoms with van der Waals surface area (Å²) in [6.07, 6.45) is 94.7. The molecule has 1 amide bonds. The summed E-state index contributed by atoms with van der Waals surface area (Å²) in [6, 6.07) is -0.650. The lowest BCUT2D eigenvalue weighted by Crippen LogP contribution is -2.45. The maximum absolute atomic E-state index is 12.5. The predicted molar refractivity (Wildman–Crippen MR) is 317 cm³/mol. The van der Waals surface area contributed by atoms with Gasteiger partial charge < -0.3 is 15.5 Å². The van der Waals surface area contributed by atoms with Crippen LogP contribution >= 0.6 is 0 Å². The van der Waals surface area contributed by atoms with E-state index in [0.717, 1.165) is 89.9 Å². The molecule has 0 aromatic rings. The summed E-state index contributed by atoms with van der Waals surface area (Å²) in [5, 5.41) is 23.2. The second-order valence-corrected chi connectivity index (χ2v) is 19.7. The first-order valence-corrected chi connectivity index (χ1v) is 29.9. The van der Waals surface area contributed by atoms with Crippen molar-refractivity contribution in [3.8, 4) is 0 Å². The Morgan fingerprint density at radius 2 is 0.634 bits per heavy atom. The molecule has 0 aromatic carbocycles. The SMILES string of the molecule is CC/C=C\C/C=C\C/C=C\C/C=C\C/C=C\C/C=C\C/C=C\C/C=C\C/C=C\CCCCCCCCCCCCCC(=O)NC(CO)C(O)/C=C/CC/C=C/CCCCCCCCCCCCCCCC. The maximum atomic E-state index is 12.5.